The molecule has 2 aromatic heterocycles. The number of anilines is 1. The zero-order valence-electron chi connectivity index (χ0n) is 19.8. The zero-order valence-corrected chi connectivity index (χ0v) is 20.6. The number of aromatic amines is 1. The summed E-state index contributed by atoms with van der Waals surface area (Å²) >= 11 is 6.52. The molecule has 2 aromatic carbocycles. The van der Waals surface area contributed by atoms with Crippen molar-refractivity contribution < 1.29 is 19.1 Å². The molecule has 2 atom stereocenters. The Morgan fingerprint density at radius 1 is 1.14 bits per heavy atom. The van der Waals surface area contributed by atoms with E-state index < -0.39 is 0 Å². The number of carbonyl (C=O) groups is 2. The molecule has 2 aliphatic rings. The van der Waals surface area contributed by atoms with Crippen LogP contribution in [0.25, 0.3) is 11.0 Å². The van der Waals surface area contributed by atoms with Crippen molar-refractivity contribution in [2.75, 3.05) is 25.0 Å². The molecule has 2 unspecified atom stereocenters. The van der Waals surface area contributed by atoms with E-state index in [0.717, 1.165) is 19.4 Å². The average Bonchev–Trinajstić information content (AvgIpc) is 3.50. The predicted octanol–water partition coefficient (Wildman–Crippen LogP) is 4.44. The molecule has 0 radical (unpaired) electrons. The number of fused-ring (bicyclic) bond motifs is 1. The third-order valence-corrected chi connectivity index (χ3v) is 6.97. The van der Waals surface area contributed by atoms with Gasteiger partial charge in [-0.3, -0.25) is 9.59 Å². The minimum Gasteiger partial charge on any atom is -0.457 e. The lowest BCUT2D eigenvalue weighted by atomic mass is 10.0. The van der Waals surface area contributed by atoms with Crippen molar-refractivity contribution in [1.82, 2.24) is 19.9 Å². The second-order valence-electron chi connectivity index (χ2n) is 9.06. The van der Waals surface area contributed by atoms with Crippen LogP contribution in [0.4, 0.5) is 5.82 Å². The summed E-state index contributed by atoms with van der Waals surface area (Å²) < 4.78 is 11.0. The highest BCUT2D eigenvalue weighted by molar-refractivity contribution is 6.35. The molecular formula is C27H24ClN5O4. The molecule has 10 heteroatoms. The maximum Gasteiger partial charge on any atom is 0.254 e. The highest BCUT2D eigenvalue weighted by Gasteiger charge is 2.39. The standard InChI is InChI=1S/C27H24ClN5O4/c28-21-11-18(37-17-6-2-1-3-7-17)8-9-19(21)24(34)20-13-30-26-23(20)25(31-15-32-26)29-12-16-5-4-10-33(16)27(35)22-14-36-22/h1-3,6-9,11,13,15-16,22H,4-5,10,12,14H2,(H2,29,30,31,32). The predicted molar refractivity (Wildman–Crippen MR) is 138 cm³/mol. The van der Waals surface area contributed by atoms with Crippen LogP contribution >= 0.6 is 11.6 Å². The number of halogens is 1. The molecule has 2 aliphatic heterocycles. The molecule has 0 saturated carbocycles. The molecule has 0 bridgehead atoms. The Labute approximate surface area is 217 Å². The summed E-state index contributed by atoms with van der Waals surface area (Å²) in [4.78, 5) is 39.7. The van der Waals surface area contributed by atoms with Gasteiger partial charge in [0.2, 0.25) is 0 Å². The summed E-state index contributed by atoms with van der Waals surface area (Å²) in [6, 6.07) is 14.4. The first kappa shape index (κ1) is 23.4. The Balaban J connectivity index is 1.23. The van der Waals surface area contributed by atoms with Gasteiger partial charge in [0.25, 0.3) is 5.91 Å². The summed E-state index contributed by atoms with van der Waals surface area (Å²) in [6.45, 7) is 1.73. The number of hydrogen-bond donors (Lipinski definition) is 2. The van der Waals surface area contributed by atoms with Crippen LogP contribution in [-0.2, 0) is 9.53 Å². The number of benzene rings is 2. The number of aromatic nitrogens is 3. The number of amides is 1. The van der Waals surface area contributed by atoms with Crippen LogP contribution in [0.15, 0.2) is 61.1 Å². The summed E-state index contributed by atoms with van der Waals surface area (Å²) in [5, 5.41) is 4.20. The number of H-pyrrole nitrogens is 1. The largest absolute Gasteiger partial charge is 0.457 e. The van der Waals surface area contributed by atoms with Crippen LogP contribution in [0.2, 0.25) is 5.02 Å². The number of ether oxygens (including phenoxy) is 2. The first-order chi connectivity index (χ1) is 18.1. The number of carbonyl (C=O) groups excluding carboxylic acids is 2. The lowest BCUT2D eigenvalue weighted by Crippen LogP contribution is -2.41. The molecule has 0 spiro atoms. The van der Waals surface area contributed by atoms with Gasteiger partial charge in [0, 0.05) is 37.0 Å². The minimum absolute atomic E-state index is 0.0337. The fraction of sp³-hybridized carbons (Fsp3) is 0.259. The van der Waals surface area contributed by atoms with Gasteiger partial charge in [-0.05, 0) is 37.1 Å². The van der Waals surface area contributed by atoms with Crippen molar-refractivity contribution in [1.29, 1.82) is 0 Å². The van der Waals surface area contributed by atoms with E-state index in [-0.39, 0.29) is 28.9 Å². The van der Waals surface area contributed by atoms with E-state index in [9.17, 15) is 9.59 Å². The average molecular weight is 518 g/mol. The summed E-state index contributed by atoms with van der Waals surface area (Å²) in [5.41, 5.74) is 1.28. The number of ketones is 1. The van der Waals surface area contributed by atoms with Crippen molar-refractivity contribution in [3.05, 3.63) is 77.2 Å². The van der Waals surface area contributed by atoms with E-state index in [1.165, 1.54) is 6.33 Å². The molecule has 0 aliphatic carbocycles. The molecule has 2 fully saturated rings. The van der Waals surface area contributed by atoms with Crippen molar-refractivity contribution in [3.63, 3.8) is 0 Å². The van der Waals surface area contributed by atoms with Crippen LogP contribution in [0, 0.1) is 0 Å². The number of rotatable bonds is 8. The van der Waals surface area contributed by atoms with E-state index in [1.54, 1.807) is 24.4 Å². The summed E-state index contributed by atoms with van der Waals surface area (Å²) in [5.74, 6) is 1.52. The highest BCUT2D eigenvalue weighted by Crippen LogP contribution is 2.31. The molecule has 4 aromatic rings. The molecule has 188 valence electrons. The van der Waals surface area contributed by atoms with E-state index in [1.807, 2.05) is 35.2 Å². The van der Waals surface area contributed by atoms with Gasteiger partial charge in [0.05, 0.1) is 22.6 Å². The monoisotopic (exact) mass is 517 g/mol. The molecule has 9 nitrogen and oxygen atoms in total. The third-order valence-electron chi connectivity index (χ3n) is 6.65. The zero-order chi connectivity index (χ0) is 25.4. The van der Waals surface area contributed by atoms with E-state index in [4.69, 9.17) is 21.1 Å². The van der Waals surface area contributed by atoms with E-state index >= 15 is 0 Å². The quantitative estimate of drug-likeness (QED) is 0.262. The molecule has 2 saturated heterocycles. The van der Waals surface area contributed by atoms with Gasteiger partial charge < -0.3 is 24.7 Å². The molecule has 4 heterocycles. The van der Waals surface area contributed by atoms with Crippen LogP contribution in [-0.4, -0.2) is 63.4 Å². The SMILES string of the molecule is O=C(c1ccc(Oc2ccccc2)cc1Cl)c1c[nH]c2ncnc(NCC3CCCN3C(=O)C3CO3)c12. The normalized spacial score (nSPS) is 18.7. The van der Waals surface area contributed by atoms with Crippen molar-refractivity contribution in [3.8, 4) is 11.5 Å². The van der Waals surface area contributed by atoms with E-state index in [0.29, 0.717) is 52.6 Å². The van der Waals surface area contributed by atoms with Crippen LogP contribution < -0.4 is 10.1 Å². The van der Waals surface area contributed by atoms with Crippen LogP contribution in [0.1, 0.15) is 28.8 Å². The Morgan fingerprint density at radius 2 is 1.97 bits per heavy atom. The first-order valence-corrected chi connectivity index (χ1v) is 12.5. The topological polar surface area (TPSA) is 113 Å². The number of nitrogens with one attached hydrogen (secondary N) is 2. The molecule has 6 rings (SSSR count). The van der Waals surface area contributed by atoms with Crippen LogP contribution in [0.3, 0.4) is 0 Å². The molecule has 1 amide bonds. The van der Waals surface area contributed by atoms with Gasteiger partial charge in [-0.25, -0.2) is 9.97 Å². The first-order valence-electron chi connectivity index (χ1n) is 12.1. The number of likely N-dealkylation sites (tertiary alicyclic amines) is 1. The minimum atomic E-state index is -0.297. The number of nitrogens with zero attached hydrogens (tertiary/aromatic N) is 3. The van der Waals surface area contributed by atoms with Gasteiger partial charge in [-0.15, -0.1) is 0 Å². The van der Waals surface area contributed by atoms with Crippen molar-refractivity contribution in [2.24, 2.45) is 0 Å². The van der Waals surface area contributed by atoms with Crippen LogP contribution in [0.5, 0.6) is 11.5 Å². The van der Waals surface area contributed by atoms with E-state index in [2.05, 4.69) is 20.3 Å². The van der Waals surface area contributed by atoms with Gasteiger partial charge in [-0.2, -0.15) is 0 Å². The van der Waals surface area contributed by atoms with Crippen molar-refractivity contribution >= 4 is 40.1 Å². The second-order valence-corrected chi connectivity index (χ2v) is 9.47. The number of epoxide rings is 1. The van der Waals surface area contributed by atoms with Crippen molar-refractivity contribution in [2.45, 2.75) is 25.0 Å². The Kier molecular flexibility index (Phi) is 6.23. The fourth-order valence-corrected chi connectivity index (χ4v) is 4.97. The van der Waals surface area contributed by atoms with Gasteiger partial charge in [0.15, 0.2) is 11.9 Å². The Morgan fingerprint density at radius 3 is 2.76 bits per heavy atom. The Bertz CT molecular complexity index is 1470. The van der Waals surface area contributed by atoms with Gasteiger partial charge in [0.1, 0.15) is 29.3 Å². The molecule has 37 heavy (non-hydrogen) atoms. The highest BCUT2D eigenvalue weighted by atomic mass is 35.5. The number of para-hydroxylation sites is 1. The smallest absolute Gasteiger partial charge is 0.254 e. The lowest BCUT2D eigenvalue weighted by Gasteiger charge is -2.24. The lowest BCUT2D eigenvalue weighted by molar-refractivity contribution is -0.133. The van der Waals surface area contributed by atoms with Gasteiger partial charge >= 0.3 is 0 Å². The second kappa shape index (κ2) is 9.84. The molecular weight excluding hydrogens is 494 g/mol. The maximum absolute atomic E-state index is 13.6. The number of hydrogen-bond acceptors (Lipinski definition) is 7. The van der Waals surface area contributed by atoms with Gasteiger partial charge in [-0.1, -0.05) is 29.8 Å². The third kappa shape index (κ3) is 4.75. The maximum atomic E-state index is 13.6. The summed E-state index contributed by atoms with van der Waals surface area (Å²) in [6.07, 6.45) is 4.60. The Hall–Kier alpha value is -3.95. The molecule has 2 N–H and O–H groups in total. The summed E-state index contributed by atoms with van der Waals surface area (Å²) in [7, 11) is 0. The fourth-order valence-electron chi connectivity index (χ4n) is 4.72.